The lowest BCUT2D eigenvalue weighted by Gasteiger charge is -2.13. The van der Waals surface area contributed by atoms with Gasteiger partial charge in [-0.3, -0.25) is 0 Å². The summed E-state index contributed by atoms with van der Waals surface area (Å²) in [6.07, 6.45) is -0.848. The van der Waals surface area contributed by atoms with Gasteiger partial charge in [0.15, 0.2) is 0 Å². The van der Waals surface area contributed by atoms with Crippen molar-refractivity contribution in [1.29, 1.82) is 0 Å². The highest BCUT2D eigenvalue weighted by molar-refractivity contribution is 7.15. The third kappa shape index (κ3) is 4.12. The maximum atomic E-state index is 13.4. The molecule has 4 nitrogen and oxygen atoms in total. The maximum Gasteiger partial charge on any atom is 0.205 e. The molecule has 0 amide bonds. The van der Waals surface area contributed by atoms with Gasteiger partial charge in [0.05, 0.1) is 11.1 Å². The van der Waals surface area contributed by atoms with Crippen molar-refractivity contribution in [1.82, 2.24) is 10.2 Å². The van der Waals surface area contributed by atoms with Crippen molar-refractivity contribution in [3.05, 3.63) is 39.6 Å². The van der Waals surface area contributed by atoms with Crippen LogP contribution in [0.5, 0.6) is 0 Å². The minimum Gasteiger partial charge on any atom is -0.387 e. The monoisotopic (exact) mass is 329 g/mol. The van der Waals surface area contributed by atoms with E-state index >= 15 is 0 Å². The molecule has 0 saturated carbocycles. The molecule has 21 heavy (non-hydrogen) atoms. The molecule has 2 aromatic rings. The second-order valence-corrected chi connectivity index (χ2v) is 7.12. The Balaban J connectivity index is 1.99. The molecule has 1 atom stereocenters. The van der Waals surface area contributed by atoms with Gasteiger partial charge in [-0.1, -0.05) is 49.8 Å². The minimum absolute atomic E-state index is 0.0397. The molecule has 0 aliphatic carbocycles. The van der Waals surface area contributed by atoms with Crippen molar-refractivity contribution in [2.45, 2.75) is 32.3 Å². The normalized spacial score (nSPS) is 13.2. The van der Waals surface area contributed by atoms with Gasteiger partial charge in [0.1, 0.15) is 10.8 Å². The maximum absolute atomic E-state index is 13.4. The van der Waals surface area contributed by atoms with Crippen molar-refractivity contribution < 1.29 is 9.50 Å². The zero-order valence-corrected chi connectivity index (χ0v) is 13.6. The number of hydrogen-bond donors (Lipinski definition) is 2. The van der Waals surface area contributed by atoms with E-state index in [-0.39, 0.29) is 17.0 Å². The van der Waals surface area contributed by atoms with Crippen LogP contribution in [0.1, 0.15) is 37.4 Å². The van der Waals surface area contributed by atoms with E-state index in [0.717, 1.165) is 5.01 Å². The average molecular weight is 330 g/mol. The van der Waals surface area contributed by atoms with Gasteiger partial charge < -0.3 is 10.4 Å². The molecule has 1 aromatic carbocycles. The summed E-state index contributed by atoms with van der Waals surface area (Å²) in [6, 6.07) is 4.26. The van der Waals surface area contributed by atoms with Gasteiger partial charge in [-0.05, 0) is 17.7 Å². The fourth-order valence-electron chi connectivity index (χ4n) is 1.62. The van der Waals surface area contributed by atoms with Crippen LogP contribution in [0.25, 0.3) is 0 Å². The van der Waals surface area contributed by atoms with Gasteiger partial charge in [-0.2, -0.15) is 0 Å². The van der Waals surface area contributed by atoms with Crippen molar-refractivity contribution in [3.63, 3.8) is 0 Å². The number of aromatic nitrogens is 2. The number of hydrogen-bond acceptors (Lipinski definition) is 5. The fourth-order valence-corrected chi connectivity index (χ4v) is 2.54. The molecule has 1 heterocycles. The summed E-state index contributed by atoms with van der Waals surface area (Å²) < 4.78 is 13.4. The zero-order chi connectivity index (χ0) is 15.6. The summed E-state index contributed by atoms with van der Waals surface area (Å²) in [6.45, 7) is 6.40. The van der Waals surface area contributed by atoms with Gasteiger partial charge in [0, 0.05) is 12.0 Å². The van der Waals surface area contributed by atoms with Gasteiger partial charge in [0.25, 0.3) is 0 Å². The van der Waals surface area contributed by atoms with E-state index in [4.69, 9.17) is 11.6 Å². The molecule has 2 N–H and O–H groups in total. The molecular weight excluding hydrogens is 313 g/mol. The predicted molar refractivity (Wildman–Crippen MR) is 83.5 cm³/mol. The van der Waals surface area contributed by atoms with Gasteiger partial charge in [0.2, 0.25) is 5.13 Å². The standard InChI is InChI=1S/C14H17ClFN3OS/c1-14(2,3)12-18-19-13(21-12)17-7-11(20)8-4-5-9(15)10(16)6-8/h4-6,11,20H,7H2,1-3H3,(H,17,19). The molecule has 0 radical (unpaired) electrons. The summed E-state index contributed by atoms with van der Waals surface area (Å²) in [5.41, 5.74) is 0.403. The second kappa shape index (κ2) is 6.25. The summed E-state index contributed by atoms with van der Waals surface area (Å²) in [5.74, 6) is -0.542. The number of halogens is 2. The summed E-state index contributed by atoms with van der Waals surface area (Å²) in [5, 5.41) is 22.8. The topological polar surface area (TPSA) is 58.0 Å². The molecule has 0 fully saturated rings. The highest BCUT2D eigenvalue weighted by Gasteiger charge is 2.19. The molecule has 0 aliphatic rings. The van der Waals surface area contributed by atoms with Crippen molar-refractivity contribution in [2.24, 2.45) is 0 Å². The number of aliphatic hydroxyl groups is 1. The quantitative estimate of drug-likeness (QED) is 0.896. The molecule has 0 saturated heterocycles. The molecule has 0 aliphatic heterocycles. The van der Waals surface area contributed by atoms with E-state index in [1.54, 1.807) is 6.07 Å². The first-order valence-electron chi connectivity index (χ1n) is 6.48. The zero-order valence-electron chi connectivity index (χ0n) is 12.0. The van der Waals surface area contributed by atoms with Crippen molar-refractivity contribution in [3.8, 4) is 0 Å². The first kappa shape index (κ1) is 16.1. The lowest BCUT2D eigenvalue weighted by atomic mass is 9.98. The molecule has 7 heteroatoms. The van der Waals surface area contributed by atoms with Crippen LogP contribution >= 0.6 is 22.9 Å². The third-order valence-electron chi connectivity index (χ3n) is 2.84. The third-order valence-corrected chi connectivity index (χ3v) is 4.45. The van der Waals surface area contributed by atoms with Crippen molar-refractivity contribution >= 4 is 28.1 Å². The van der Waals surface area contributed by atoms with Gasteiger partial charge >= 0.3 is 0 Å². The number of aliphatic hydroxyl groups excluding tert-OH is 1. The fraction of sp³-hybridized carbons (Fsp3) is 0.429. The highest BCUT2D eigenvalue weighted by Crippen LogP contribution is 2.28. The van der Waals surface area contributed by atoms with Crippen LogP contribution in [0.15, 0.2) is 18.2 Å². The number of nitrogens with zero attached hydrogens (tertiary/aromatic N) is 2. The Bertz CT molecular complexity index is 627. The Morgan fingerprint density at radius 2 is 2.10 bits per heavy atom. The molecular formula is C14H17ClFN3OS. The minimum atomic E-state index is -0.848. The Morgan fingerprint density at radius 1 is 1.38 bits per heavy atom. The Morgan fingerprint density at radius 3 is 2.67 bits per heavy atom. The van der Waals surface area contributed by atoms with E-state index in [1.165, 1.54) is 23.5 Å². The lowest BCUT2D eigenvalue weighted by Crippen LogP contribution is -2.12. The van der Waals surface area contributed by atoms with E-state index in [0.29, 0.717) is 10.7 Å². The highest BCUT2D eigenvalue weighted by atomic mass is 35.5. The molecule has 1 aromatic heterocycles. The number of anilines is 1. The SMILES string of the molecule is CC(C)(C)c1nnc(NCC(O)c2ccc(Cl)c(F)c2)s1. The van der Waals surface area contributed by atoms with E-state index < -0.39 is 11.9 Å². The molecule has 1 unspecified atom stereocenters. The van der Waals surface area contributed by atoms with Crippen LogP contribution in [-0.2, 0) is 5.41 Å². The summed E-state index contributed by atoms with van der Waals surface area (Å²) in [7, 11) is 0. The van der Waals surface area contributed by atoms with E-state index in [2.05, 4.69) is 36.3 Å². The summed E-state index contributed by atoms with van der Waals surface area (Å²) >= 11 is 7.06. The molecule has 0 bridgehead atoms. The largest absolute Gasteiger partial charge is 0.387 e. The molecule has 2 rings (SSSR count). The number of benzene rings is 1. The van der Waals surface area contributed by atoms with E-state index in [9.17, 15) is 9.50 Å². The predicted octanol–water partition coefficient (Wildman–Crippen LogP) is 3.77. The van der Waals surface area contributed by atoms with Crippen LogP contribution in [0.3, 0.4) is 0 Å². The first-order chi connectivity index (χ1) is 9.77. The smallest absolute Gasteiger partial charge is 0.205 e. The number of nitrogens with one attached hydrogen (secondary N) is 1. The Kier molecular flexibility index (Phi) is 4.81. The number of rotatable bonds is 4. The Labute approximate surface area is 132 Å². The molecule has 114 valence electrons. The van der Waals surface area contributed by atoms with Crippen molar-refractivity contribution in [2.75, 3.05) is 11.9 Å². The Hall–Kier alpha value is -1.24. The summed E-state index contributed by atoms with van der Waals surface area (Å²) in [4.78, 5) is 0. The average Bonchev–Trinajstić information content (AvgIpc) is 2.88. The van der Waals surface area contributed by atoms with Gasteiger partial charge in [-0.25, -0.2) is 4.39 Å². The van der Waals surface area contributed by atoms with Crippen LogP contribution < -0.4 is 5.32 Å². The first-order valence-corrected chi connectivity index (χ1v) is 7.67. The second-order valence-electron chi connectivity index (χ2n) is 5.73. The van der Waals surface area contributed by atoms with Crippen LogP contribution in [-0.4, -0.2) is 21.8 Å². The van der Waals surface area contributed by atoms with E-state index in [1.807, 2.05) is 0 Å². The van der Waals surface area contributed by atoms with Crippen LogP contribution in [0.4, 0.5) is 9.52 Å². The van der Waals surface area contributed by atoms with Crippen LogP contribution in [0.2, 0.25) is 5.02 Å². The molecule has 0 spiro atoms. The van der Waals surface area contributed by atoms with Crippen LogP contribution in [0, 0.1) is 5.82 Å². The van der Waals surface area contributed by atoms with Gasteiger partial charge in [-0.15, -0.1) is 10.2 Å². The lowest BCUT2D eigenvalue weighted by molar-refractivity contribution is 0.191.